The van der Waals surface area contributed by atoms with E-state index in [2.05, 4.69) is 0 Å². The van der Waals surface area contributed by atoms with Crippen molar-refractivity contribution in [3.8, 4) is 40.1 Å². The fourth-order valence-corrected chi connectivity index (χ4v) is 7.67. The van der Waals surface area contributed by atoms with Crippen LogP contribution in [0.2, 0.25) is 0 Å². The summed E-state index contributed by atoms with van der Waals surface area (Å²) < 4.78 is 40.1. The Bertz CT molecular complexity index is 2420. The summed E-state index contributed by atoms with van der Waals surface area (Å²) in [7, 11) is 1.32. The lowest BCUT2D eigenvalue weighted by atomic mass is 9.85. The lowest BCUT2D eigenvalue weighted by Crippen LogP contribution is -2.56. The highest BCUT2D eigenvalue weighted by molar-refractivity contribution is 5.92. The molecule has 13 atom stereocenters. The quantitative estimate of drug-likeness (QED) is 0.0525. The van der Waals surface area contributed by atoms with Crippen LogP contribution in [0.25, 0.3) is 28.4 Å². The molecular formula is C42H46O22. The van der Waals surface area contributed by atoms with Gasteiger partial charge in [0, 0.05) is 17.7 Å². The van der Waals surface area contributed by atoms with Gasteiger partial charge in [0.15, 0.2) is 22.5 Å². The predicted molar refractivity (Wildman–Crippen MR) is 213 cm³/mol. The minimum Gasteiger partial charge on any atom is -0.508 e. The summed E-state index contributed by atoms with van der Waals surface area (Å²) in [5.74, 6) is -3.41. The van der Waals surface area contributed by atoms with Crippen molar-refractivity contribution in [1.29, 1.82) is 0 Å². The number of phenolic OH excluding ortho intramolecular Hbond substituents is 3. The average molecular weight is 903 g/mol. The van der Waals surface area contributed by atoms with E-state index in [1.165, 1.54) is 55.7 Å². The summed E-state index contributed by atoms with van der Waals surface area (Å²) in [6, 6.07) is 10.3. The number of phenols is 3. The largest absolute Gasteiger partial charge is 0.508 e. The summed E-state index contributed by atoms with van der Waals surface area (Å²) in [5.41, 5.74) is -4.93. The lowest BCUT2D eigenvalue weighted by Gasteiger charge is -2.43. The molecule has 3 aliphatic rings. The number of aliphatic hydroxyl groups is 10. The van der Waals surface area contributed by atoms with Gasteiger partial charge in [-0.05, 0) is 48.0 Å². The Morgan fingerprint density at radius 2 is 1.47 bits per heavy atom. The fraction of sp³-hybridized carbons (Fsp3) is 0.429. The molecule has 0 saturated carbocycles. The van der Waals surface area contributed by atoms with Crippen molar-refractivity contribution in [2.75, 3.05) is 33.5 Å². The molecule has 22 nitrogen and oxygen atoms in total. The molecule has 1 aromatic heterocycles. The van der Waals surface area contributed by atoms with Gasteiger partial charge in [0.05, 0.1) is 38.1 Å². The van der Waals surface area contributed by atoms with E-state index < -0.39 is 150 Å². The van der Waals surface area contributed by atoms with Gasteiger partial charge >= 0.3 is 5.97 Å². The van der Waals surface area contributed by atoms with Crippen molar-refractivity contribution in [3.63, 3.8) is 0 Å². The highest BCUT2D eigenvalue weighted by Gasteiger charge is 2.54. The Balaban J connectivity index is 1.41. The van der Waals surface area contributed by atoms with Gasteiger partial charge in [-0.15, -0.1) is 0 Å². The van der Waals surface area contributed by atoms with E-state index in [-0.39, 0.29) is 28.6 Å². The normalized spacial score (nSPS) is 31.9. The van der Waals surface area contributed by atoms with Crippen LogP contribution in [-0.4, -0.2) is 173 Å². The summed E-state index contributed by atoms with van der Waals surface area (Å²) >= 11 is 0. The van der Waals surface area contributed by atoms with Crippen LogP contribution in [0.1, 0.15) is 28.9 Å². The van der Waals surface area contributed by atoms with Crippen LogP contribution in [0.5, 0.6) is 28.7 Å². The zero-order valence-electron chi connectivity index (χ0n) is 33.5. The summed E-state index contributed by atoms with van der Waals surface area (Å²) in [6.45, 7) is -3.62. The maximum atomic E-state index is 14.2. The number of benzene rings is 3. The Morgan fingerprint density at radius 3 is 2.09 bits per heavy atom. The van der Waals surface area contributed by atoms with E-state index >= 15 is 0 Å². The molecule has 3 fully saturated rings. The second-order valence-corrected chi connectivity index (χ2v) is 15.4. The number of methoxy groups -OCH3 is 1. The van der Waals surface area contributed by atoms with Crippen LogP contribution >= 0.6 is 0 Å². The van der Waals surface area contributed by atoms with Crippen molar-refractivity contribution in [1.82, 2.24) is 0 Å². The van der Waals surface area contributed by atoms with Crippen molar-refractivity contribution in [3.05, 3.63) is 81.5 Å². The Morgan fingerprint density at radius 1 is 0.828 bits per heavy atom. The summed E-state index contributed by atoms with van der Waals surface area (Å²) in [6.07, 6.45) is -22.0. The molecule has 0 radical (unpaired) electrons. The molecule has 0 bridgehead atoms. The first-order chi connectivity index (χ1) is 30.4. The first-order valence-electron chi connectivity index (χ1n) is 19.6. The molecule has 3 aliphatic heterocycles. The molecule has 4 aromatic rings. The van der Waals surface area contributed by atoms with Gasteiger partial charge in [-0.3, -0.25) is 4.79 Å². The van der Waals surface area contributed by atoms with Gasteiger partial charge in [-0.25, -0.2) is 4.79 Å². The Hall–Kier alpha value is -5.44. The number of ether oxygens (including phenoxy) is 6. The predicted octanol–water partition coefficient (Wildman–Crippen LogP) is -2.30. The molecule has 0 unspecified atom stereocenters. The lowest BCUT2D eigenvalue weighted by molar-refractivity contribution is -0.235. The third-order valence-corrected chi connectivity index (χ3v) is 11.3. The smallest absolute Gasteiger partial charge is 0.330 e. The van der Waals surface area contributed by atoms with E-state index in [1.54, 1.807) is 0 Å². The first-order valence-corrected chi connectivity index (χ1v) is 19.6. The zero-order valence-corrected chi connectivity index (χ0v) is 33.5. The number of fused-ring (bicyclic) bond motifs is 1. The van der Waals surface area contributed by atoms with Gasteiger partial charge in [-0.1, -0.05) is 6.07 Å². The van der Waals surface area contributed by atoms with Gasteiger partial charge in [0.1, 0.15) is 108 Å². The standard InChI is InChI=1S/C42H46O22/c1-58-22-10-16(2-8-19(22)46)3-9-25(48)59-13-24-30(50)33(53)35(55)39(63-24)28-36-26(20(47)11-21(61-36)17-4-6-18(45)7-5-17)31(51)27(38-34(54)32(52)29(49)23(12-43)62-38)37(28)64-41-40(56)42(57,14-44)15-60-41/h2-11,23-24,29-30,32-35,38-41,43-46,49-57H,12-15H2,1H3/b9-3+/t23-,24-,29-,30-,32+,33+,34-,35-,38+,39+,40+,41+,42-/m1/s1. The van der Waals surface area contributed by atoms with Crippen LogP contribution in [0.3, 0.4) is 0 Å². The second kappa shape index (κ2) is 18.6. The SMILES string of the molecule is COc1cc(/C=C/C(=O)OC[C@H]2O[C@@H](c3c(O[C@@H]4OC[C@](O)(CO)[C@H]4O)c([C@@H]4O[C@H](CO)[C@@H](O)[C@H](O)[C@H]4O)c(O)c4c(=O)cc(-c5ccc(O)cc5)oc34)[C@H](O)[C@@H](O)[C@@H]2O)ccc1O. The molecule has 3 aromatic carbocycles. The Labute approximate surface area is 360 Å². The topological polar surface area (TPSA) is 366 Å². The number of aromatic hydroxyl groups is 3. The van der Waals surface area contributed by atoms with E-state index in [9.17, 15) is 76.0 Å². The molecule has 4 heterocycles. The van der Waals surface area contributed by atoms with Crippen molar-refractivity contribution < 1.29 is 104 Å². The summed E-state index contributed by atoms with van der Waals surface area (Å²) in [5, 5.41) is 140. The third kappa shape index (κ3) is 8.59. The maximum absolute atomic E-state index is 14.2. The van der Waals surface area contributed by atoms with Gasteiger partial charge in [0.2, 0.25) is 6.29 Å². The third-order valence-electron chi connectivity index (χ3n) is 11.3. The van der Waals surface area contributed by atoms with Gasteiger partial charge in [0.25, 0.3) is 0 Å². The minimum absolute atomic E-state index is 0.108. The van der Waals surface area contributed by atoms with E-state index in [4.69, 9.17) is 32.8 Å². The molecule has 22 heteroatoms. The van der Waals surface area contributed by atoms with Crippen molar-refractivity contribution in [2.45, 2.75) is 79.0 Å². The van der Waals surface area contributed by atoms with Crippen LogP contribution in [0.15, 0.2) is 63.8 Å². The van der Waals surface area contributed by atoms with E-state index in [0.29, 0.717) is 5.56 Å². The molecule has 3 saturated heterocycles. The second-order valence-electron chi connectivity index (χ2n) is 15.4. The molecular weight excluding hydrogens is 856 g/mol. The number of hydrogen-bond donors (Lipinski definition) is 13. The molecule has 346 valence electrons. The van der Waals surface area contributed by atoms with E-state index in [0.717, 1.165) is 12.1 Å². The molecule has 64 heavy (non-hydrogen) atoms. The molecule has 13 N–H and O–H groups in total. The molecule has 0 amide bonds. The van der Waals surface area contributed by atoms with Gasteiger partial charge < -0.3 is 99.2 Å². The maximum Gasteiger partial charge on any atom is 0.330 e. The van der Waals surface area contributed by atoms with E-state index in [1.807, 2.05) is 0 Å². The average Bonchev–Trinajstić information content (AvgIpc) is 3.57. The Kier molecular flexibility index (Phi) is 13.5. The fourth-order valence-electron chi connectivity index (χ4n) is 7.67. The van der Waals surface area contributed by atoms with Crippen LogP contribution < -0.4 is 14.9 Å². The first kappa shape index (κ1) is 46.5. The highest BCUT2D eigenvalue weighted by atomic mass is 16.7. The molecule has 0 spiro atoms. The molecule has 7 rings (SSSR count). The van der Waals surface area contributed by atoms with Crippen molar-refractivity contribution in [2.24, 2.45) is 0 Å². The number of rotatable bonds is 12. The molecule has 0 aliphatic carbocycles. The number of carbonyl (C=O) groups excluding carboxylic acids is 1. The minimum atomic E-state index is -2.36. The van der Waals surface area contributed by atoms with Gasteiger partial charge in [-0.2, -0.15) is 0 Å². The zero-order chi connectivity index (χ0) is 46.4. The highest BCUT2D eigenvalue weighted by Crippen LogP contribution is 2.52. The summed E-state index contributed by atoms with van der Waals surface area (Å²) in [4.78, 5) is 27.1. The number of carbonyl (C=O) groups is 1. The number of esters is 1. The van der Waals surface area contributed by atoms with Crippen LogP contribution in [0, 0.1) is 0 Å². The van der Waals surface area contributed by atoms with Crippen molar-refractivity contribution >= 4 is 23.0 Å². The monoisotopic (exact) mass is 902 g/mol. The van der Waals surface area contributed by atoms with Crippen LogP contribution in [-0.2, 0) is 23.7 Å². The number of hydrogen-bond acceptors (Lipinski definition) is 22. The van der Waals surface area contributed by atoms with Crippen LogP contribution in [0.4, 0.5) is 0 Å². The number of aliphatic hydroxyl groups excluding tert-OH is 9.